The van der Waals surface area contributed by atoms with Gasteiger partial charge >= 0.3 is 0 Å². The molecule has 0 spiro atoms. The minimum atomic E-state index is -0.339. The van der Waals surface area contributed by atoms with Gasteiger partial charge in [-0.1, -0.05) is 28.8 Å². The Morgan fingerprint density at radius 3 is 2.64 bits per heavy atom. The van der Waals surface area contributed by atoms with Crippen LogP contribution in [0.3, 0.4) is 0 Å². The zero-order chi connectivity index (χ0) is 10.6. The Bertz CT molecular complexity index is 168. The average Bonchev–Trinajstić information content (AvgIpc) is 2.18. The number of halogens is 1. The van der Waals surface area contributed by atoms with Crippen LogP contribution in [0.5, 0.6) is 0 Å². The van der Waals surface area contributed by atoms with E-state index in [2.05, 4.69) is 20.8 Å². The molecule has 1 aliphatic carbocycles. The van der Waals surface area contributed by atoms with E-state index in [-0.39, 0.29) is 18.2 Å². The Morgan fingerprint density at radius 1 is 1.43 bits per heavy atom. The van der Waals surface area contributed by atoms with Crippen molar-refractivity contribution in [2.45, 2.75) is 43.9 Å². The van der Waals surface area contributed by atoms with Crippen LogP contribution in [0.4, 0.5) is 0 Å². The van der Waals surface area contributed by atoms with E-state index in [9.17, 15) is 10.2 Å². The van der Waals surface area contributed by atoms with E-state index in [1.807, 2.05) is 7.05 Å². The molecule has 2 N–H and O–H groups in total. The fourth-order valence-electron chi connectivity index (χ4n) is 2.12. The van der Waals surface area contributed by atoms with Crippen molar-refractivity contribution in [1.29, 1.82) is 0 Å². The van der Waals surface area contributed by atoms with Gasteiger partial charge in [-0.3, -0.25) is 4.90 Å². The minimum Gasteiger partial charge on any atom is -0.391 e. The molecule has 4 heteroatoms. The summed E-state index contributed by atoms with van der Waals surface area (Å²) in [5.74, 6) is 0. The maximum atomic E-state index is 9.79. The molecule has 0 aliphatic heterocycles. The van der Waals surface area contributed by atoms with E-state index < -0.39 is 0 Å². The molecule has 3 unspecified atom stereocenters. The third kappa shape index (κ3) is 3.50. The molecule has 0 heterocycles. The second-order valence-corrected chi connectivity index (χ2v) is 4.81. The lowest BCUT2D eigenvalue weighted by Crippen LogP contribution is -2.46. The molecule has 0 aromatic rings. The second kappa shape index (κ2) is 6.05. The van der Waals surface area contributed by atoms with E-state index in [0.29, 0.717) is 11.9 Å². The Hall–Kier alpha value is 0.360. The number of rotatable bonds is 4. The van der Waals surface area contributed by atoms with Crippen molar-refractivity contribution in [1.82, 2.24) is 4.90 Å². The highest BCUT2D eigenvalue weighted by atomic mass is 79.9. The van der Waals surface area contributed by atoms with Gasteiger partial charge in [0, 0.05) is 17.9 Å². The molecule has 1 saturated carbocycles. The topological polar surface area (TPSA) is 43.7 Å². The molecule has 3 atom stereocenters. The summed E-state index contributed by atoms with van der Waals surface area (Å²) in [6, 6.07) is 0.234. The number of hydrogen-bond acceptors (Lipinski definition) is 3. The van der Waals surface area contributed by atoms with Crippen LogP contribution in [-0.4, -0.2) is 52.3 Å². The molecule has 1 rings (SSSR count). The van der Waals surface area contributed by atoms with Crippen LogP contribution in [-0.2, 0) is 0 Å². The monoisotopic (exact) mass is 265 g/mol. The zero-order valence-corrected chi connectivity index (χ0v) is 10.3. The van der Waals surface area contributed by atoms with Crippen molar-refractivity contribution in [2.75, 3.05) is 18.9 Å². The smallest absolute Gasteiger partial charge is 0.0763 e. The van der Waals surface area contributed by atoms with Gasteiger partial charge in [0.1, 0.15) is 0 Å². The molecule has 1 aliphatic rings. The van der Waals surface area contributed by atoms with Crippen molar-refractivity contribution in [2.24, 2.45) is 0 Å². The maximum absolute atomic E-state index is 9.79. The highest BCUT2D eigenvalue weighted by Crippen LogP contribution is 2.22. The van der Waals surface area contributed by atoms with Crippen LogP contribution in [0.15, 0.2) is 0 Å². The van der Waals surface area contributed by atoms with E-state index in [1.54, 1.807) is 0 Å². The number of aliphatic hydroxyl groups excluding tert-OH is 2. The van der Waals surface area contributed by atoms with Crippen molar-refractivity contribution >= 4 is 15.9 Å². The van der Waals surface area contributed by atoms with Gasteiger partial charge in [-0.15, -0.1) is 0 Å². The summed E-state index contributed by atoms with van der Waals surface area (Å²) < 4.78 is 0. The fourth-order valence-corrected chi connectivity index (χ4v) is 2.33. The van der Waals surface area contributed by atoms with Crippen LogP contribution in [0.2, 0.25) is 0 Å². The number of alkyl halides is 1. The van der Waals surface area contributed by atoms with E-state index >= 15 is 0 Å². The van der Waals surface area contributed by atoms with E-state index in [0.717, 1.165) is 19.3 Å². The normalized spacial score (nSPS) is 30.6. The minimum absolute atomic E-state index is 0.212. The SMILES string of the molecule is CN(CC(O)CBr)C1CCCCC1O. The number of hydrogen-bond donors (Lipinski definition) is 2. The lowest BCUT2D eigenvalue weighted by molar-refractivity contribution is 0.0152. The maximum Gasteiger partial charge on any atom is 0.0763 e. The highest BCUT2D eigenvalue weighted by Gasteiger charge is 2.27. The molecular formula is C10H20BrNO2. The number of aliphatic hydroxyl groups is 2. The molecule has 0 aromatic carbocycles. The summed E-state index contributed by atoms with van der Waals surface area (Å²) in [5.41, 5.74) is 0. The van der Waals surface area contributed by atoms with E-state index in [1.165, 1.54) is 6.42 Å². The molecular weight excluding hydrogens is 246 g/mol. The third-order valence-electron chi connectivity index (χ3n) is 2.94. The Labute approximate surface area is 94.2 Å². The van der Waals surface area contributed by atoms with Crippen molar-refractivity contribution < 1.29 is 10.2 Å². The molecule has 0 aromatic heterocycles. The van der Waals surface area contributed by atoms with Gasteiger partial charge in [-0.05, 0) is 19.9 Å². The van der Waals surface area contributed by atoms with Crippen molar-refractivity contribution in [3.63, 3.8) is 0 Å². The summed E-state index contributed by atoms with van der Waals surface area (Å²) in [5, 5.41) is 19.9. The number of nitrogens with zero attached hydrogens (tertiary/aromatic N) is 1. The van der Waals surface area contributed by atoms with Crippen molar-refractivity contribution in [3.05, 3.63) is 0 Å². The molecule has 0 radical (unpaired) electrons. The number of likely N-dealkylation sites (N-methyl/N-ethyl adjacent to an activating group) is 1. The summed E-state index contributed by atoms with van der Waals surface area (Å²) in [4.78, 5) is 2.08. The molecule has 3 nitrogen and oxygen atoms in total. The first-order chi connectivity index (χ1) is 6.65. The Morgan fingerprint density at radius 2 is 2.07 bits per heavy atom. The summed E-state index contributed by atoms with van der Waals surface area (Å²) in [6.45, 7) is 0.632. The van der Waals surface area contributed by atoms with Crippen LogP contribution < -0.4 is 0 Å². The summed E-state index contributed by atoms with van der Waals surface area (Å²) in [6.07, 6.45) is 3.72. The molecule has 0 amide bonds. The van der Waals surface area contributed by atoms with Crippen LogP contribution in [0, 0.1) is 0 Å². The lowest BCUT2D eigenvalue weighted by atomic mass is 9.91. The van der Waals surface area contributed by atoms with Gasteiger partial charge in [0.2, 0.25) is 0 Å². The van der Waals surface area contributed by atoms with Crippen molar-refractivity contribution in [3.8, 4) is 0 Å². The zero-order valence-electron chi connectivity index (χ0n) is 8.69. The van der Waals surface area contributed by atoms with Crippen LogP contribution in [0.1, 0.15) is 25.7 Å². The van der Waals surface area contributed by atoms with Gasteiger partial charge in [0.15, 0.2) is 0 Å². The first kappa shape index (κ1) is 12.4. The standard InChI is InChI=1S/C10H20BrNO2/c1-12(7-8(13)6-11)9-4-2-3-5-10(9)14/h8-10,13-14H,2-7H2,1H3. The highest BCUT2D eigenvalue weighted by molar-refractivity contribution is 9.09. The molecule has 1 fully saturated rings. The van der Waals surface area contributed by atoms with Crippen LogP contribution in [0.25, 0.3) is 0 Å². The van der Waals surface area contributed by atoms with Gasteiger partial charge in [-0.2, -0.15) is 0 Å². The summed E-state index contributed by atoms with van der Waals surface area (Å²) in [7, 11) is 1.98. The Kier molecular flexibility index (Phi) is 5.38. The van der Waals surface area contributed by atoms with Crippen LogP contribution >= 0.6 is 15.9 Å². The van der Waals surface area contributed by atoms with Gasteiger partial charge in [-0.25, -0.2) is 0 Å². The second-order valence-electron chi connectivity index (χ2n) is 4.17. The Balaban J connectivity index is 2.37. The lowest BCUT2D eigenvalue weighted by Gasteiger charge is -2.35. The molecule has 14 heavy (non-hydrogen) atoms. The first-order valence-corrected chi connectivity index (χ1v) is 6.39. The average molecular weight is 266 g/mol. The first-order valence-electron chi connectivity index (χ1n) is 5.27. The largest absolute Gasteiger partial charge is 0.391 e. The summed E-state index contributed by atoms with van der Waals surface area (Å²) >= 11 is 3.24. The van der Waals surface area contributed by atoms with Gasteiger partial charge in [0.05, 0.1) is 12.2 Å². The molecule has 0 saturated heterocycles. The molecule has 84 valence electrons. The van der Waals surface area contributed by atoms with Gasteiger partial charge in [0.25, 0.3) is 0 Å². The third-order valence-corrected chi connectivity index (χ3v) is 3.68. The predicted octanol–water partition coefficient (Wildman–Crippen LogP) is 0.978. The fraction of sp³-hybridized carbons (Fsp3) is 1.00. The molecule has 0 bridgehead atoms. The van der Waals surface area contributed by atoms with E-state index in [4.69, 9.17) is 0 Å². The van der Waals surface area contributed by atoms with Gasteiger partial charge < -0.3 is 10.2 Å². The quantitative estimate of drug-likeness (QED) is 0.745. The predicted molar refractivity (Wildman–Crippen MR) is 60.7 cm³/mol.